The van der Waals surface area contributed by atoms with E-state index in [-0.39, 0.29) is 30.6 Å². The molecule has 1 N–H and O–H groups in total. The van der Waals surface area contributed by atoms with E-state index in [9.17, 15) is 9.59 Å². The predicted octanol–water partition coefficient (Wildman–Crippen LogP) is 0.309. The third-order valence-corrected chi connectivity index (χ3v) is 3.82. The number of rotatable bonds is 6. The molecule has 0 aliphatic carbocycles. The quantitative estimate of drug-likeness (QED) is 0.711. The first-order valence-electron chi connectivity index (χ1n) is 7.49. The number of carbonyl (C=O) groups excluding carboxylic acids is 2. The highest BCUT2D eigenvalue weighted by molar-refractivity contribution is 5.80. The summed E-state index contributed by atoms with van der Waals surface area (Å²) in [5.41, 5.74) is 0. The molecule has 2 atom stereocenters. The van der Waals surface area contributed by atoms with E-state index in [1.165, 1.54) is 0 Å². The Hall–Kier alpha value is -1.14. The smallest absolute Gasteiger partial charge is 0.323 e. The standard InChI is InChI=1S/C14H24N2O4/c1-2-19-14(18)12-6-3-7-16(12)10-13(17)15-9-11-5-4-8-20-11/h11-12H,2-10H2,1H3,(H,15,17). The molecule has 2 unspecified atom stereocenters. The minimum atomic E-state index is -0.261. The molecule has 0 spiro atoms. The SMILES string of the molecule is CCOC(=O)C1CCCN1CC(=O)NCC1CCCO1. The first-order chi connectivity index (χ1) is 9.70. The molecule has 0 saturated carbocycles. The van der Waals surface area contributed by atoms with E-state index in [1.54, 1.807) is 6.92 Å². The topological polar surface area (TPSA) is 67.9 Å². The Morgan fingerprint density at radius 2 is 2.20 bits per heavy atom. The molecule has 0 aromatic carbocycles. The van der Waals surface area contributed by atoms with Gasteiger partial charge in [0, 0.05) is 13.2 Å². The van der Waals surface area contributed by atoms with E-state index in [1.807, 2.05) is 4.90 Å². The molecular weight excluding hydrogens is 260 g/mol. The van der Waals surface area contributed by atoms with Crippen molar-refractivity contribution < 1.29 is 19.1 Å². The fourth-order valence-electron chi connectivity index (χ4n) is 2.79. The summed E-state index contributed by atoms with van der Waals surface area (Å²) in [7, 11) is 0. The van der Waals surface area contributed by atoms with Crippen LogP contribution in [-0.2, 0) is 19.1 Å². The van der Waals surface area contributed by atoms with Crippen molar-refractivity contribution in [3.63, 3.8) is 0 Å². The van der Waals surface area contributed by atoms with E-state index in [4.69, 9.17) is 9.47 Å². The fourth-order valence-corrected chi connectivity index (χ4v) is 2.79. The van der Waals surface area contributed by atoms with E-state index in [0.29, 0.717) is 13.2 Å². The lowest BCUT2D eigenvalue weighted by molar-refractivity contribution is -0.148. The largest absolute Gasteiger partial charge is 0.465 e. The molecule has 2 aliphatic heterocycles. The molecule has 0 aromatic heterocycles. The average Bonchev–Trinajstić information content (AvgIpc) is 3.07. The van der Waals surface area contributed by atoms with Crippen molar-refractivity contribution in [2.45, 2.75) is 44.8 Å². The highest BCUT2D eigenvalue weighted by Gasteiger charge is 2.32. The number of carbonyl (C=O) groups is 2. The summed E-state index contributed by atoms with van der Waals surface area (Å²) in [6, 6.07) is -0.261. The fraction of sp³-hybridized carbons (Fsp3) is 0.857. The minimum absolute atomic E-state index is 0.0447. The maximum atomic E-state index is 11.9. The van der Waals surface area contributed by atoms with Crippen LogP contribution in [0.4, 0.5) is 0 Å². The van der Waals surface area contributed by atoms with Gasteiger partial charge in [-0.1, -0.05) is 0 Å². The van der Waals surface area contributed by atoms with Crippen LogP contribution < -0.4 is 5.32 Å². The lowest BCUT2D eigenvalue weighted by Gasteiger charge is -2.22. The van der Waals surface area contributed by atoms with Crippen LogP contribution in [-0.4, -0.2) is 61.8 Å². The van der Waals surface area contributed by atoms with Crippen molar-refractivity contribution in [3.05, 3.63) is 0 Å². The summed E-state index contributed by atoms with van der Waals surface area (Å²) >= 11 is 0. The van der Waals surface area contributed by atoms with Crippen LogP contribution in [0, 0.1) is 0 Å². The van der Waals surface area contributed by atoms with Gasteiger partial charge in [0.15, 0.2) is 0 Å². The molecule has 2 heterocycles. The Bertz CT molecular complexity index is 342. The Kier molecular flexibility index (Phi) is 5.79. The second-order valence-electron chi connectivity index (χ2n) is 5.32. The van der Waals surface area contributed by atoms with Gasteiger partial charge in [0.2, 0.25) is 5.91 Å². The molecule has 2 saturated heterocycles. The van der Waals surface area contributed by atoms with Gasteiger partial charge in [-0.15, -0.1) is 0 Å². The highest BCUT2D eigenvalue weighted by atomic mass is 16.5. The van der Waals surface area contributed by atoms with Gasteiger partial charge in [0.25, 0.3) is 0 Å². The molecule has 2 aliphatic rings. The number of ether oxygens (including phenoxy) is 2. The van der Waals surface area contributed by atoms with Gasteiger partial charge in [-0.2, -0.15) is 0 Å². The normalized spacial score (nSPS) is 26.6. The summed E-state index contributed by atoms with van der Waals surface area (Å²) in [4.78, 5) is 25.6. The van der Waals surface area contributed by atoms with Gasteiger partial charge in [-0.25, -0.2) is 0 Å². The molecule has 0 radical (unpaired) electrons. The molecule has 2 fully saturated rings. The Morgan fingerprint density at radius 3 is 2.90 bits per heavy atom. The van der Waals surface area contributed by atoms with Crippen LogP contribution in [0.1, 0.15) is 32.6 Å². The van der Waals surface area contributed by atoms with Gasteiger partial charge in [0.1, 0.15) is 6.04 Å². The predicted molar refractivity (Wildman–Crippen MR) is 73.2 cm³/mol. The van der Waals surface area contributed by atoms with Gasteiger partial charge in [0.05, 0.1) is 19.3 Å². The number of esters is 1. The minimum Gasteiger partial charge on any atom is -0.465 e. The van der Waals surface area contributed by atoms with Crippen molar-refractivity contribution in [3.8, 4) is 0 Å². The Labute approximate surface area is 119 Å². The summed E-state index contributed by atoms with van der Waals surface area (Å²) < 4.78 is 10.5. The van der Waals surface area contributed by atoms with E-state index >= 15 is 0 Å². The van der Waals surface area contributed by atoms with Crippen molar-refractivity contribution in [2.75, 3.05) is 32.8 Å². The van der Waals surface area contributed by atoms with Gasteiger partial charge >= 0.3 is 5.97 Å². The molecule has 2 rings (SSSR count). The molecule has 114 valence electrons. The third-order valence-electron chi connectivity index (χ3n) is 3.82. The van der Waals surface area contributed by atoms with E-state index < -0.39 is 0 Å². The number of hydrogen-bond acceptors (Lipinski definition) is 5. The molecule has 20 heavy (non-hydrogen) atoms. The highest BCUT2D eigenvalue weighted by Crippen LogP contribution is 2.18. The van der Waals surface area contributed by atoms with E-state index in [2.05, 4.69) is 5.32 Å². The van der Waals surface area contributed by atoms with Crippen LogP contribution in [0.3, 0.4) is 0 Å². The van der Waals surface area contributed by atoms with Gasteiger partial charge < -0.3 is 14.8 Å². The zero-order chi connectivity index (χ0) is 14.4. The Balaban J connectivity index is 1.73. The van der Waals surface area contributed by atoms with Crippen LogP contribution in [0.5, 0.6) is 0 Å². The number of hydrogen-bond donors (Lipinski definition) is 1. The molecule has 0 aromatic rings. The van der Waals surface area contributed by atoms with Crippen LogP contribution >= 0.6 is 0 Å². The first kappa shape index (κ1) is 15.3. The second kappa shape index (κ2) is 7.59. The summed E-state index contributed by atoms with van der Waals surface area (Å²) in [6.07, 6.45) is 3.94. The summed E-state index contributed by atoms with van der Waals surface area (Å²) in [5, 5.41) is 2.89. The van der Waals surface area contributed by atoms with Crippen molar-refractivity contribution in [1.29, 1.82) is 0 Å². The average molecular weight is 284 g/mol. The van der Waals surface area contributed by atoms with Crippen molar-refractivity contribution in [2.24, 2.45) is 0 Å². The molecular formula is C14H24N2O4. The number of amides is 1. The van der Waals surface area contributed by atoms with Crippen molar-refractivity contribution in [1.82, 2.24) is 10.2 Å². The van der Waals surface area contributed by atoms with Crippen LogP contribution in [0.25, 0.3) is 0 Å². The van der Waals surface area contributed by atoms with Crippen LogP contribution in [0.15, 0.2) is 0 Å². The maximum Gasteiger partial charge on any atom is 0.323 e. The number of nitrogens with zero attached hydrogens (tertiary/aromatic N) is 1. The van der Waals surface area contributed by atoms with Crippen LogP contribution in [0.2, 0.25) is 0 Å². The van der Waals surface area contributed by atoms with Gasteiger partial charge in [-0.3, -0.25) is 14.5 Å². The zero-order valence-corrected chi connectivity index (χ0v) is 12.1. The lowest BCUT2D eigenvalue weighted by atomic mass is 10.2. The van der Waals surface area contributed by atoms with Crippen molar-refractivity contribution >= 4 is 11.9 Å². The van der Waals surface area contributed by atoms with E-state index in [0.717, 1.165) is 38.8 Å². The Morgan fingerprint density at radius 1 is 1.35 bits per heavy atom. The summed E-state index contributed by atoms with van der Waals surface area (Å²) in [6.45, 7) is 4.57. The first-order valence-corrected chi connectivity index (χ1v) is 7.49. The summed E-state index contributed by atoms with van der Waals surface area (Å²) in [5.74, 6) is -0.256. The third kappa shape index (κ3) is 4.18. The zero-order valence-electron chi connectivity index (χ0n) is 12.1. The monoisotopic (exact) mass is 284 g/mol. The molecule has 6 heteroatoms. The molecule has 6 nitrogen and oxygen atoms in total. The van der Waals surface area contributed by atoms with Gasteiger partial charge in [-0.05, 0) is 39.2 Å². The number of likely N-dealkylation sites (tertiary alicyclic amines) is 1. The molecule has 0 bridgehead atoms. The second-order valence-corrected chi connectivity index (χ2v) is 5.32. The molecule has 1 amide bonds. The lowest BCUT2D eigenvalue weighted by Crippen LogP contribution is -2.44. The maximum absolute atomic E-state index is 11.9. The number of nitrogens with one attached hydrogen (secondary N) is 1.